The van der Waals surface area contributed by atoms with Crippen molar-refractivity contribution >= 4 is 6.02 Å². The van der Waals surface area contributed by atoms with Crippen LogP contribution in [0.4, 0.5) is 0 Å². The van der Waals surface area contributed by atoms with E-state index in [1.807, 2.05) is 14.1 Å². The van der Waals surface area contributed by atoms with Crippen LogP contribution in [0, 0.1) is 5.92 Å². The number of hydrogen-bond acceptors (Lipinski definition) is 6. The van der Waals surface area contributed by atoms with Crippen molar-refractivity contribution < 1.29 is 20.1 Å². The van der Waals surface area contributed by atoms with E-state index in [2.05, 4.69) is 4.99 Å². The number of nitrogens with zero attached hydrogens (tertiary/aromatic N) is 2. The molecular formula is C10H18N2O4. The Morgan fingerprint density at radius 3 is 2.62 bits per heavy atom. The lowest BCUT2D eigenvalue weighted by molar-refractivity contribution is -0.0953. The Morgan fingerprint density at radius 2 is 2.06 bits per heavy atom. The summed E-state index contributed by atoms with van der Waals surface area (Å²) in [5.41, 5.74) is 0. The van der Waals surface area contributed by atoms with Crippen molar-refractivity contribution in [3.05, 3.63) is 0 Å². The van der Waals surface area contributed by atoms with Gasteiger partial charge >= 0.3 is 0 Å². The van der Waals surface area contributed by atoms with Crippen molar-refractivity contribution in [1.29, 1.82) is 0 Å². The van der Waals surface area contributed by atoms with Gasteiger partial charge in [0.05, 0.1) is 6.10 Å². The summed E-state index contributed by atoms with van der Waals surface area (Å²) >= 11 is 0. The zero-order valence-electron chi connectivity index (χ0n) is 9.45. The predicted molar refractivity (Wildman–Crippen MR) is 57.0 cm³/mol. The lowest BCUT2D eigenvalue weighted by Gasteiger charge is -2.36. The average molecular weight is 230 g/mol. The molecule has 5 unspecified atom stereocenters. The predicted octanol–water partition coefficient (Wildman–Crippen LogP) is -1.59. The molecule has 0 spiro atoms. The Morgan fingerprint density at radius 1 is 1.38 bits per heavy atom. The largest absolute Gasteiger partial charge is 0.459 e. The van der Waals surface area contributed by atoms with Gasteiger partial charge in [0, 0.05) is 26.6 Å². The molecule has 0 saturated heterocycles. The average Bonchev–Trinajstić information content (AvgIpc) is 2.67. The minimum absolute atomic E-state index is 0.151. The molecule has 0 aromatic rings. The highest BCUT2D eigenvalue weighted by Gasteiger charge is 2.48. The molecule has 1 saturated carbocycles. The van der Waals surface area contributed by atoms with Gasteiger partial charge in [-0.3, -0.25) is 0 Å². The molecule has 16 heavy (non-hydrogen) atoms. The topological polar surface area (TPSA) is 85.5 Å². The number of ether oxygens (including phenoxy) is 1. The van der Waals surface area contributed by atoms with E-state index >= 15 is 0 Å². The number of aliphatic imine (C=N–C) groups is 1. The summed E-state index contributed by atoms with van der Waals surface area (Å²) in [5, 5.41) is 28.7. The van der Waals surface area contributed by atoms with Crippen LogP contribution in [-0.4, -0.2) is 71.3 Å². The molecule has 0 aromatic heterocycles. The smallest absolute Gasteiger partial charge is 0.287 e. The Bertz CT molecular complexity index is 295. The number of amidine groups is 1. The van der Waals surface area contributed by atoms with E-state index in [4.69, 9.17) is 9.84 Å². The molecule has 92 valence electrons. The third-order valence-electron chi connectivity index (χ3n) is 3.23. The highest BCUT2D eigenvalue weighted by molar-refractivity contribution is 5.75. The first-order valence-corrected chi connectivity index (χ1v) is 5.43. The van der Waals surface area contributed by atoms with Crippen molar-refractivity contribution in [2.75, 3.05) is 20.7 Å². The summed E-state index contributed by atoms with van der Waals surface area (Å²) in [7, 11) is 3.62. The number of fused-ring (bicyclic) bond motifs is 1. The highest BCUT2D eigenvalue weighted by Crippen LogP contribution is 2.33. The van der Waals surface area contributed by atoms with Crippen molar-refractivity contribution in [2.24, 2.45) is 10.9 Å². The molecule has 0 radical (unpaired) electrons. The van der Waals surface area contributed by atoms with E-state index < -0.39 is 18.2 Å². The van der Waals surface area contributed by atoms with Crippen LogP contribution in [0.1, 0.15) is 6.42 Å². The summed E-state index contributed by atoms with van der Waals surface area (Å²) < 4.78 is 5.57. The molecule has 0 bridgehead atoms. The van der Waals surface area contributed by atoms with Crippen LogP contribution < -0.4 is 0 Å². The third-order valence-corrected chi connectivity index (χ3v) is 3.23. The zero-order valence-corrected chi connectivity index (χ0v) is 9.45. The van der Waals surface area contributed by atoms with Gasteiger partial charge in [0.1, 0.15) is 18.2 Å². The minimum atomic E-state index is -0.964. The third kappa shape index (κ3) is 1.77. The van der Waals surface area contributed by atoms with Crippen LogP contribution in [0.3, 0.4) is 0 Å². The number of aliphatic hydroxyl groups is 3. The summed E-state index contributed by atoms with van der Waals surface area (Å²) in [4.78, 5) is 5.97. The van der Waals surface area contributed by atoms with Gasteiger partial charge in [-0.15, -0.1) is 0 Å². The Labute approximate surface area is 94.2 Å². The van der Waals surface area contributed by atoms with E-state index in [1.54, 1.807) is 4.90 Å². The molecule has 0 amide bonds. The quantitative estimate of drug-likeness (QED) is 0.505. The van der Waals surface area contributed by atoms with Crippen LogP contribution in [0.5, 0.6) is 0 Å². The molecule has 6 nitrogen and oxygen atoms in total. The van der Waals surface area contributed by atoms with Gasteiger partial charge in [-0.05, 0) is 6.42 Å². The van der Waals surface area contributed by atoms with E-state index in [9.17, 15) is 10.2 Å². The highest BCUT2D eigenvalue weighted by atomic mass is 16.5. The van der Waals surface area contributed by atoms with Gasteiger partial charge in [0.2, 0.25) is 0 Å². The van der Waals surface area contributed by atoms with Crippen LogP contribution in [0.25, 0.3) is 0 Å². The van der Waals surface area contributed by atoms with Crippen molar-refractivity contribution in [2.45, 2.75) is 30.8 Å². The van der Waals surface area contributed by atoms with Gasteiger partial charge < -0.3 is 25.0 Å². The maximum atomic E-state index is 9.88. The summed E-state index contributed by atoms with van der Waals surface area (Å²) in [6.45, 7) is -0.151. The molecule has 1 heterocycles. The lowest BCUT2D eigenvalue weighted by Crippen LogP contribution is -2.52. The lowest BCUT2D eigenvalue weighted by atomic mass is 9.80. The fourth-order valence-corrected chi connectivity index (χ4v) is 2.25. The first-order valence-electron chi connectivity index (χ1n) is 5.43. The minimum Gasteiger partial charge on any atom is -0.459 e. The van der Waals surface area contributed by atoms with Gasteiger partial charge in [-0.2, -0.15) is 0 Å². The fraction of sp³-hybridized carbons (Fsp3) is 0.900. The van der Waals surface area contributed by atoms with Crippen molar-refractivity contribution in [1.82, 2.24) is 4.90 Å². The Kier molecular flexibility index (Phi) is 3.05. The van der Waals surface area contributed by atoms with Gasteiger partial charge in [-0.25, -0.2) is 4.99 Å². The molecule has 1 aliphatic heterocycles. The van der Waals surface area contributed by atoms with Crippen LogP contribution in [0.15, 0.2) is 4.99 Å². The second kappa shape index (κ2) is 4.20. The van der Waals surface area contributed by atoms with E-state index in [1.165, 1.54) is 0 Å². The number of aliphatic hydroxyl groups excluding tert-OH is 3. The van der Waals surface area contributed by atoms with Crippen LogP contribution >= 0.6 is 0 Å². The molecule has 6 heteroatoms. The SMILES string of the molecule is CN(C)C1=NC2C(CC(CO)C(O)C2O)O1. The number of rotatable bonds is 1. The summed E-state index contributed by atoms with van der Waals surface area (Å²) in [5.74, 6) is -0.340. The van der Waals surface area contributed by atoms with Crippen molar-refractivity contribution in [3.63, 3.8) is 0 Å². The van der Waals surface area contributed by atoms with Crippen molar-refractivity contribution in [3.8, 4) is 0 Å². The summed E-state index contributed by atoms with van der Waals surface area (Å²) in [6.07, 6.45) is -1.62. The molecule has 2 aliphatic rings. The van der Waals surface area contributed by atoms with Gasteiger partial charge in [0.25, 0.3) is 6.02 Å². The molecule has 0 aromatic carbocycles. The van der Waals surface area contributed by atoms with E-state index in [0.717, 1.165) is 0 Å². The van der Waals surface area contributed by atoms with Gasteiger partial charge in [-0.1, -0.05) is 0 Å². The van der Waals surface area contributed by atoms with Crippen LogP contribution in [-0.2, 0) is 4.74 Å². The standard InChI is InChI=1S/C10H18N2O4/c1-12(2)10-11-7-6(16-10)3-5(4-13)8(14)9(7)15/h5-9,13-15H,3-4H2,1-2H3. The van der Waals surface area contributed by atoms with E-state index in [0.29, 0.717) is 12.4 Å². The molecular weight excluding hydrogens is 212 g/mol. The van der Waals surface area contributed by atoms with Gasteiger partial charge in [0.15, 0.2) is 0 Å². The Balaban J connectivity index is 2.14. The maximum Gasteiger partial charge on any atom is 0.287 e. The first kappa shape index (κ1) is 11.6. The number of hydrogen-bond donors (Lipinski definition) is 3. The zero-order chi connectivity index (χ0) is 11.9. The first-order chi connectivity index (χ1) is 7.54. The molecule has 3 N–H and O–H groups in total. The molecule has 1 aliphatic carbocycles. The fourth-order valence-electron chi connectivity index (χ4n) is 2.25. The summed E-state index contributed by atoms with van der Waals surface area (Å²) in [6, 6.07) is 0.0510. The second-order valence-corrected chi connectivity index (χ2v) is 4.61. The maximum absolute atomic E-state index is 9.88. The Hall–Kier alpha value is -0.850. The molecule has 1 fully saturated rings. The normalized spacial score (nSPS) is 42.3. The molecule has 2 rings (SSSR count). The van der Waals surface area contributed by atoms with Crippen LogP contribution in [0.2, 0.25) is 0 Å². The van der Waals surface area contributed by atoms with E-state index in [-0.39, 0.29) is 18.6 Å². The molecule has 5 atom stereocenters. The monoisotopic (exact) mass is 230 g/mol. The second-order valence-electron chi connectivity index (χ2n) is 4.61.